The Labute approximate surface area is 224 Å². The van der Waals surface area contributed by atoms with Crippen molar-refractivity contribution in [2.75, 3.05) is 32.1 Å². The first kappa shape index (κ1) is 29.0. The number of ether oxygens (including phenoxy) is 2. The summed E-state index contributed by atoms with van der Waals surface area (Å²) < 4.78 is 13.4. The van der Waals surface area contributed by atoms with Crippen LogP contribution in [0.5, 0.6) is 0 Å². The molecule has 1 saturated heterocycles. The lowest BCUT2D eigenvalue weighted by molar-refractivity contribution is 0.0899. The predicted molar refractivity (Wildman–Crippen MR) is 160 cm³/mol. The third-order valence-corrected chi connectivity index (χ3v) is 8.75. The highest BCUT2D eigenvalue weighted by molar-refractivity contribution is 6.76. The molecule has 1 aliphatic rings. The largest absolute Gasteiger partial charge is 0.504 e. The van der Waals surface area contributed by atoms with Gasteiger partial charge in [-0.15, -0.1) is 0 Å². The number of benzene rings is 1. The number of rotatable bonds is 11. The maximum atomic E-state index is 6.03. The van der Waals surface area contributed by atoms with Gasteiger partial charge in [0.2, 0.25) is 0 Å². The first-order chi connectivity index (χ1) is 17.3. The zero-order valence-electron chi connectivity index (χ0n) is 22.5. The van der Waals surface area contributed by atoms with Gasteiger partial charge in [0.1, 0.15) is 12.4 Å². The number of hydrogen-bond acceptors (Lipinski definition) is 5. The van der Waals surface area contributed by atoms with Gasteiger partial charge in [-0.05, 0) is 42.6 Å². The SMILES string of the molecule is C.COC=Cc1cnc2c(ccn2COCC[Si](C)(C)C)c1N[C@H]1CN(Cc2ccccc2)CC[C@H]1C. The third kappa shape index (κ3) is 7.93. The molecule has 0 aliphatic carbocycles. The topological polar surface area (TPSA) is 51.6 Å². The number of likely N-dealkylation sites (tertiary alicyclic amines) is 1. The average molecular weight is 523 g/mol. The minimum Gasteiger partial charge on any atom is -0.504 e. The van der Waals surface area contributed by atoms with Crippen LogP contribution in [0.25, 0.3) is 17.1 Å². The number of anilines is 1. The summed E-state index contributed by atoms with van der Waals surface area (Å²) in [6, 6.07) is 14.4. The lowest BCUT2D eigenvalue weighted by atomic mass is 9.92. The van der Waals surface area contributed by atoms with E-state index >= 15 is 0 Å². The highest BCUT2D eigenvalue weighted by atomic mass is 28.3. The smallest absolute Gasteiger partial charge is 0.143 e. The molecule has 6 nitrogen and oxygen atoms in total. The lowest BCUT2D eigenvalue weighted by Gasteiger charge is -2.38. The van der Waals surface area contributed by atoms with Gasteiger partial charge in [-0.2, -0.15) is 0 Å². The van der Waals surface area contributed by atoms with Crippen LogP contribution >= 0.6 is 0 Å². The van der Waals surface area contributed by atoms with Crippen LogP contribution in [0.15, 0.2) is 55.1 Å². The van der Waals surface area contributed by atoms with Gasteiger partial charge in [0.25, 0.3) is 0 Å². The molecule has 0 unspecified atom stereocenters. The number of fused-ring (bicyclic) bond motifs is 1. The molecule has 202 valence electrons. The molecule has 1 aliphatic heterocycles. The van der Waals surface area contributed by atoms with E-state index in [4.69, 9.17) is 14.5 Å². The zero-order valence-corrected chi connectivity index (χ0v) is 23.5. The van der Waals surface area contributed by atoms with Crippen LogP contribution in [-0.2, 0) is 22.7 Å². The van der Waals surface area contributed by atoms with Gasteiger partial charge in [-0.1, -0.05) is 64.3 Å². The molecule has 0 saturated carbocycles. The molecule has 1 aromatic carbocycles. The molecule has 7 heteroatoms. The Hall–Kier alpha value is -2.61. The second-order valence-corrected chi connectivity index (χ2v) is 16.9. The molecule has 0 radical (unpaired) electrons. The van der Waals surface area contributed by atoms with Crippen molar-refractivity contribution in [2.45, 2.75) is 65.8 Å². The molecule has 2 aromatic heterocycles. The number of nitrogens with one attached hydrogen (secondary N) is 1. The maximum absolute atomic E-state index is 6.03. The Morgan fingerprint density at radius 3 is 2.68 bits per heavy atom. The number of pyridine rings is 1. The van der Waals surface area contributed by atoms with Crippen molar-refractivity contribution in [1.82, 2.24) is 14.5 Å². The summed E-state index contributed by atoms with van der Waals surface area (Å²) in [4.78, 5) is 7.36. The van der Waals surface area contributed by atoms with Gasteiger partial charge >= 0.3 is 0 Å². The maximum Gasteiger partial charge on any atom is 0.143 e. The molecule has 1 fully saturated rings. The van der Waals surface area contributed by atoms with Crippen LogP contribution in [0, 0.1) is 5.92 Å². The van der Waals surface area contributed by atoms with Crippen molar-refractivity contribution in [3.05, 3.63) is 66.2 Å². The summed E-state index contributed by atoms with van der Waals surface area (Å²) in [6.45, 7) is 13.9. The Balaban J connectivity index is 0.00000380. The molecule has 3 aromatic rings. The van der Waals surface area contributed by atoms with Gasteiger partial charge in [0, 0.05) is 57.2 Å². The van der Waals surface area contributed by atoms with Crippen molar-refractivity contribution in [3.63, 3.8) is 0 Å². The van der Waals surface area contributed by atoms with Crippen molar-refractivity contribution in [1.29, 1.82) is 0 Å². The highest BCUT2D eigenvalue weighted by Crippen LogP contribution is 2.31. The second kappa shape index (κ2) is 13.3. The van der Waals surface area contributed by atoms with E-state index in [9.17, 15) is 0 Å². The van der Waals surface area contributed by atoms with Crippen LogP contribution < -0.4 is 5.32 Å². The van der Waals surface area contributed by atoms with E-state index in [1.165, 1.54) is 12.0 Å². The van der Waals surface area contributed by atoms with E-state index < -0.39 is 8.07 Å². The molecule has 37 heavy (non-hydrogen) atoms. The van der Waals surface area contributed by atoms with Crippen LogP contribution in [0.2, 0.25) is 25.7 Å². The van der Waals surface area contributed by atoms with E-state index in [0.29, 0.717) is 18.7 Å². The Kier molecular flexibility index (Phi) is 10.4. The summed E-state index contributed by atoms with van der Waals surface area (Å²) in [5.41, 5.74) is 4.47. The molecule has 3 heterocycles. The van der Waals surface area contributed by atoms with E-state index in [1.807, 2.05) is 12.3 Å². The second-order valence-electron chi connectivity index (χ2n) is 11.2. The van der Waals surface area contributed by atoms with Crippen molar-refractivity contribution in [2.24, 2.45) is 5.92 Å². The first-order valence-electron chi connectivity index (χ1n) is 13.1. The molecule has 0 bridgehead atoms. The lowest BCUT2D eigenvalue weighted by Crippen LogP contribution is -2.46. The van der Waals surface area contributed by atoms with Gasteiger partial charge in [0.05, 0.1) is 19.1 Å². The fraction of sp³-hybridized carbons (Fsp3) is 0.500. The molecule has 2 atom stereocenters. The van der Waals surface area contributed by atoms with E-state index in [2.05, 4.69) is 83.9 Å². The summed E-state index contributed by atoms with van der Waals surface area (Å²) >= 11 is 0. The summed E-state index contributed by atoms with van der Waals surface area (Å²) in [6.07, 6.45) is 8.91. The van der Waals surface area contributed by atoms with E-state index in [1.54, 1.807) is 13.4 Å². The van der Waals surface area contributed by atoms with Gasteiger partial charge in [-0.3, -0.25) is 4.90 Å². The van der Waals surface area contributed by atoms with Crippen molar-refractivity contribution in [3.8, 4) is 0 Å². The van der Waals surface area contributed by atoms with Gasteiger partial charge in [0.15, 0.2) is 0 Å². The molecule has 1 N–H and O–H groups in total. The molecular weight excluding hydrogens is 476 g/mol. The van der Waals surface area contributed by atoms with Gasteiger partial charge in [-0.25, -0.2) is 4.98 Å². The Morgan fingerprint density at radius 1 is 1.16 bits per heavy atom. The Morgan fingerprint density at radius 2 is 1.95 bits per heavy atom. The number of piperidine rings is 1. The monoisotopic (exact) mass is 522 g/mol. The summed E-state index contributed by atoms with van der Waals surface area (Å²) in [7, 11) is 0.567. The van der Waals surface area contributed by atoms with Crippen LogP contribution in [0.4, 0.5) is 5.69 Å². The van der Waals surface area contributed by atoms with Crippen molar-refractivity contribution >= 4 is 30.9 Å². The van der Waals surface area contributed by atoms with Crippen LogP contribution in [0.3, 0.4) is 0 Å². The molecule has 4 rings (SSSR count). The molecule has 0 spiro atoms. The Bertz CT molecular complexity index is 1140. The van der Waals surface area contributed by atoms with Crippen molar-refractivity contribution < 1.29 is 9.47 Å². The minimum atomic E-state index is -1.11. The van der Waals surface area contributed by atoms with Crippen LogP contribution in [0.1, 0.15) is 31.9 Å². The molecular formula is C30H46N4O2Si. The normalized spacial score (nSPS) is 18.7. The summed E-state index contributed by atoms with van der Waals surface area (Å²) in [5, 5.41) is 5.05. The van der Waals surface area contributed by atoms with E-state index in [-0.39, 0.29) is 7.43 Å². The predicted octanol–water partition coefficient (Wildman–Crippen LogP) is 6.92. The highest BCUT2D eigenvalue weighted by Gasteiger charge is 2.27. The number of nitrogens with zero attached hydrogens (tertiary/aromatic N) is 3. The fourth-order valence-corrected chi connectivity index (χ4v) is 5.48. The average Bonchev–Trinajstić information content (AvgIpc) is 3.26. The van der Waals surface area contributed by atoms with Gasteiger partial charge < -0.3 is 19.4 Å². The van der Waals surface area contributed by atoms with Crippen LogP contribution in [-0.4, -0.2) is 55.4 Å². The number of aromatic nitrogens is 2. The fourth-order valence-electron chi connectivity index (χ4n) is 4.72. The zero-order chi connectivity index (χ0) is 25.5. The quantitative estimate of drug-likeness (QED) is 0.168. The summed E-state index contributed by atoms with van der Waals surface area (Å²) in [5.74, 6) is 0.575. The number of methoxy groups -OCH3 is 1. The molecule has 0 amide bonds. The standard InChI is InChI=1S/C29H42N4O2Si.CH4/c1-23-11-14-32(20-24-9-7-6-8-10-24)21-27(23)31-28-25(13-16-34-2)19-30-29-26(28)12-15-33(29)22-35-17-18-36(3,4)5;/h6-10,12-13,15-16,19,23,27H,11,14,17-18,20-22H2,1-5H3,(H,30,31);1H4/t23-,27+;/m1./s1. The third-order valence-electron chi connectivity index (χ3n) is 7.05. The van der Waals surface area contributed by atoms with E-state index in [0.717, 1.165) is 54.6 Å². The number of hydrogen-bond donors (Lipinski definition) is 1. The first-order valence-corrected chi connectivity index (χ1v) is 16.8. The minimum absolute atomic E-state index is 0.